The molecule has 1 heterocycles. The highest BCUT2D eigenvalue weighted by molar-refractivity contribution is 5.73. The van der Waals surface area contributed by atoms with Gasteiger partial charge in [0.25, 0.3) is 0 Å². The molecule has 4 nitrogen and oxygen atoms in total. The van der Waals surface area contributed by atoms with Crippen molar-refractivity contribution in [2.45, 2.75) is 25.8 Å². The van der Waals surface area contributed by atoms with Crippen LogP contribution in [0.15, 0.2) is 41.0 Å². The van der Waals surface area contributed by atoms with Gasteiger partial charge >= 0.3 is 0 Å². The van der Waals surface area contributed by atoms with Crippen molar-refractivity contribution in [3.8, 4) is 6.07 Å². The van der Waals surface area contributed by atoms with Gasteiger partial charge in [-0.25, -0.2) is 0 Å². The normalized spacial score (nSPS) is 11.8. The van der Waals surface area contributed by atoms with Gasteiger partial charge < -0.3 is 15.5 Å². The lowest BCUT2D eigenvalue weighted by Crippen LogP contribution is -2.17. The molecule has 1 atom stereocenters. The predicted molar refractivity (Wildman–Crippen MR) is 75.7 cm³/mol. The van der Waals surface area contributed by atoms with E-state index in [4.69, 9.17) is 15.4 Å². The number of hydrogen-bond acceptors (Lipinski definition) is 4. The minimum Gasteiger partial charge on any atom is -0.469 e. The molecular weight excluding hydrogens is 238 g/mol. The van der Waals surface area contributed by atoms with E-state index >= 15 is 0 Å². The van der Waals surface area contributed by atoms with Gasteiger partial charge in [0.1, 0.15) is 11.8 Å². The molecule has 1 unspecified atom stereocenters. The lowest BCUT2D eigenvalue weighted by atomic mass is 10.1. The molecule has 0 bridgehead atoms. The molecular formula is C15H17N3O. The zero-order chi connectivity index (χ0) is 13.7. The highest BCUT2D eigenvalue weighted by atomic mass is 16.3. The predicted octanol–water partition coefficient (Wildman–Crippen LogP) is 3.17. The summed E-state index contributed by atoms with van der Waals surface area (Å²) < 4.78 is 5.30. The minimum atomic E-state index is 0.251. The third kappa shape index (κ3) is 3.29. The van der Waals surface area contributed by atoms with Gasteiger partial charge in [-0.2, -0.15) is 5.26 Å². The highest BCUT2D eigenvalue weighted by Gasteiger charge is 2.08. The Kier molecular flexibility index (Phi) is 4.09. The number of benzene rings is 1. The largest absolute Gasteiger partial charge is 0.469 e. The van der Waals surface area contributed by atoms with Crippen LogP contribution < -0.4 is 11.1 Å². The van der Waals surface area contributed by atoms with Crippen LogP contribution >= 0.6 is 0 Å². The zero-order valence-corrected chi connectivity index (χ0v) is 10.9. The maximum Gasteiger partial charge on any atom is 0.103 e. The number of anilines is 2. The van der Waals surface area contributed by atoms with E-state index in [1.807, 2.05) is 24.3 Å². The number of nitrogens with zero attached hydrogens (tertiary/aromatic N) is 1. The molecule has 0 aliphatic rings. The molecule has 2 rings (SSSR count). The number of nitrogen functional groups attached to an aromatic ring is 1. The van der Waals surface area contributed by atoms with Crippen LogP contribution in [0.25, 0.3) is 0 Å². The second kappa shape index (κ2) is 5.96. The fourth-order valence-corrected chi connectivity index (χ4v) is 1.94. The van der Waals surface area contributed by atoms with Crippen molar-refractivity contribution in [3.63, 3.8) is 0 Å². The maximum atomic E-state index is 8.94. The first-order valence-electron chi connectivity index (χ1n) is 6.28. The summed E-state index contributed by atoms with van der Waals surface area (Å²) in [4.78, 5) is 0. The molecule has 0 saturated carbocycles. The molecule has 0 aliphatic carbocycles. The Morgan fingerprint density at radius 2 is 2.21 bits per heavy atom. The Bertz CT molecular complexity index is 570. The van der Waals surface area contributed by atoms with Crippen LogP contribution in [0.5, 0.6) is 0 Å². The molecule has 2 aromatic rings. The lowest BCUT2D eigenvalue weighted by molar-refractivity contribution is 0.495. The van der Waals surface area contributed by atoms with Crippen molar-refractivity contribution in [1.82, 2.24) is 0 Å². The van der Waals surface area contributed by atoms with Crippen LogP contribution in [0.1, 0.15) is 24.7 Å². The second-order valence-electron chi connectivity index (χ2n) is 4.54. The summed E-state index contributed by atoms with van der Waals surface area (Å²) in [6.07, 6.45) is 3.49. The number of para-hydroxylation sites is 1. The number of furan rings is 1. The van der Waals surface area contributed by atoms with Crippen molar-refractivity contribution in [2.75, 3.05) is 11.1 Å². The van der Waals surface area contributed by atoms with E-state index in [9.17, 15) is 0 Å². The van der Waals surface area contributed by atoms with Gasteiger partial charge in [-0.1, -0.05) is 6.07 Å². The first kappa shape index (κ1) is 13.0. The van der Waals surface area contributed by atoms with Crippen molar-refractivity contribution >= 4 is 11.4 Å². The van der Waals surface area contributed by atoms with Gasteiger partial charge in [0.2, 0.25) is 0 Å². The third-order valence-corrected chi connectivity index (χ3v) is 3.03. The van der Waals surface area contributed by atoms with Gasteiger partial charge in [0.05, 0.1) is 23.2 Å². The maximum absolute atomic E-state index is 8.94. The van der Waals surface area contributed by atoms with Crippen molar-refractivity contribution < 1.29 is 4.42 Å². The topological polar surface area (TPSA) is 75.0 Å². The number of nitrogens with one attached hydrogen (secondary N) is 1. The first-order chi connectivity index (χ1) is 9.20. The van der Waals surface area contributed by atoms with E-state index < -0.39 is 0 Å². The summed E-state index contributed by atoms with van der Waals surface area (Å²) in [7, 11) is 0. The molecule has 4 heteroatoms. The SMILES string of the molecule is CC(CCc1ccco1)Nc1cccc(C#N)c1N. The monoisotopic (exact) mass is 255 g/mol. The van der Waals surface area contributed by atoms with Crippen LogP contribution in [-0.4, -0.2) is 6.04 Å². The van der Waals surface area contributed by atoms with E-state index in [1.54, 1.807) is 12.3 Å². The van der Waals surface area contributed by atoms with E-state index in [0.29, 0.717) is 11.3 Å². The Hall–Kier alpha value is -2.41. The molecule has 0 amide bonds. The summed E-state index contributed by atoms with van der Waals surface area (Å²) in [5.74, 6) is 0.979. The number of hydrogen-bond donors (Lipinski definition) is 2. The smallest absolute Gasteiger partial charge is 0.103 e. The van der Waals surface area contributed by atoms with Gasteiger partial charge in [0.15, 0.2) is 0 Å². The van der Waals surface area contributed by atoms with E-state index in [2.05, 4.69) is 18.3 Å². The average Bonchev–Trinajstić information content (AvgIpc) is 2.92. The third-order valence-electron chi connectivity index (χ3n) is 3.03. The molecule has 0 fully saturated rings. The first-order valence-corrected chi connectivity index (χ1v) is 6.28. The lowest BCUT2D eigenvalue weighted by Gasteiger charge is -2.16. The Morgan fingerprint density at radius 1 is 1.37 bits per heavy atom. The van der Waals surface area contributed by atoms with Crippen molar-refractivity contribution in [1.29, 1.82) is 5.26 Å². The molecule has 0 radical (unpaired) electrons. The molecule has 0 saturated heterocycles. The number of nitrogens with two attached hydrogens (primary N) is 1. The summed E-state index contributed by atoms with van der Waals surface area (Å²) in [5, 5.41) is 12.3. The summed E-state index contributed by atoms with van der Waals surface area (Å²) in [5.41, 5.74) is 7.75. The van der Waals surface area contributed by atoms with Gasteiger partial charge in [-0.15, -0.1) is 0 Å². The van der Waals surface area contributed by atoms with E-state index in [-0.39, 0.29) is 6.04 Å². The summed E-state index contributed by atoms with van der Waals surface area (Å²) >= 11 is 0. The van der Waals surface area contributed by atoms with Crippen molar-refractivity contribution in [2.24, 2.45) is 0 Å². The van der Waals surface area contributed by atoms with Crippen LogP contribution in [0.3, 0.4) is 0 Å². The van der Waals surface area contributed by atoms with E-state index in [1.165, 1.54) is 0 Å². The zero-order valence-electron chi connectivity index (χ0n) is 10.9. The minimum absolute atomic E-state index is 0.251. The Balaban J connectivity index is 1.95. The standard InChI is InChI=1S/C15H17N3O/c1-11(7-8-13-5-3-9-19-13)18-14-6-2-4-12(10-16)15(14)17/h2-6,9,11,18H,7-8,17H2,1H3. The quantitative estimate of drug-likeness (QED) is 0.805. The Morgan fingerprint density at radius 3 is 2.89 bits per heavy atom. The molecule has 1 aromatic heterocycles. The van der Waals surface area contributed by atoms with Crippen LogP contribution in [-0.2, 0) is 6.42 Å². The van der Waals surface area contributed by atoms with Crippen molar-refractivity contribution in [3.05, 3.63) is 47.9 Å². The second-order valence-corrected chi connectivity index (χ2v) is 4.54. The highest BCUT2D eigenvalue weighted by Crippen LogP contribution is 2.23. The van der Waals surface area contributed by atoms with Crippen LogP contribution in [0.4, 0.5) is 11.4 Å². The fraction of sp³-hybridized carbons (Fsp3) is 0.267. The number of aryl methyl sites for hydroxylation is 1. The molecule has 0 spiro atoms. The summed E-state index contributed by atoms with van der Waals surface area (Å²) in [6.45, 7) is 2.08. The average molecular weight is 255 g/mol. The van der Waals surface area contributed by atoms with Crippen LogP contribution in [0, 0.1) is 11.3 Å². The van der Waals surface area contributed by atoms with Gasteiger partial charge in [-0.05, 0) is 37.6 Å². The summed E-state index contributed by atoms with van der Waals surface area (Å²) in [6, 6.07) is 11.6. The van der Waals surface area contributed by atoms with Crippen LogP contribution in [0.2, 0.25) is 0 Å². The molecule has 1 aromatic carbocycles. The molecule has 3 N–H and O–H groups in total. The van der Waals surface area contributed by atoms with Gasteiger partial charge in [0, 0.05) is 12.5 Å². The Labute approximate surface area is 112 Å². The van der Waals surface area contributed by atoms with Gasteiger partial charge in [-0.3, -0.25) is 0 Å². The van der Waals surface area contributed by atoms with E-state index in [0.717, 1.165) is 24.3 Å². The molecule has 0 aliphatic heterocycles. The number of nitriles is 1. The number of rotatable bonds is 5. The molecule has 19 heavy (non-hydrogen) atoms. The molecule has 98 valence electrons. The fourth-order valence-electron chi connectivity index (χ4n) is 1.94.